The summed E-state index contributed by atoms with van der Waals surface area (Å²) in [5.41, 5.74) is 0. The fraction of sp³-hybridized carbons (Fsp3) is 0.700. The van der Waals surface area contributed by atoms with Gasteiger partial charge in [-0.15, -0.1) is 0 Å². The minimum atomic E-state index is 0.787. The van der Waals surface area contributed by atoms with E-state index in [4.69, 9.17) is 0 Å². The zero-order valence-corrected chi connectivity index (χ0v) is 7.18. The quantitative estimate of drug-likeness (QED) is 0.611. The van der Waals surface area contributed by atoms with Crippen molar-refractivity contribution in [3.05, 3.63) is 19.1 Å². The molecule has 1 nitrogen and oxygen atoms in total. The maximum atomic E-state index is 3.80. The number of piperidine rings is 1. The Hall–Kier alpha value is -0.300. The number of hydrogen-bond donors (Lipinski definition) is 1. The molecule has 0 aromatic carbocycles. The van der Waals surface area contributed by atoms with Gasteiger partial charge in [0, 0.05) is 6.54 Å². The first kappa shape index (κ1) is 8.79. The van der Waals surface area contributed by atoms with Crippen LogP contribution in [-0.4, -0.2) is 13.1 Å². The number of rotatable bonds is 3. The third kappa shape index (κ3) is 3.57. The topological polar surface area (TPSA) is 12.0 Å². The molecule has 1 rings (SSSR count). The summed E-state index contributed by atoms with van der Waals surface area (Å²) in [6, 6.07) is 0. The van der Waals surface area contributed by atoms with Crippen LogP contribution >= 0.6 is 0 Å². The Morgan fingerprint density at radius 2 is 2.45 bits per heavy atom. The predicted octanol–water partition coefficient (Wildman–Crippen LogP) is 2.16. The summed E-state index contributed by atoms with van der Waals surface area (Å²) in [6.07, 6.45) is 9.47. The van der Waals surface area contributed by atoms with Crippen LogP contribution in [0.1, 0.15) is 25.7 Å². The monoisotopic (exact) mass is 152 g/mol. The van der Waals surface area contributed by atoms with Gasteiger partial charge in [0.2, 0.25) is 0 Å². The van der Waals surface area contributed by atoms with Crippen LogP contribution in [0.15, 0.2) is 12.2 Å². The van der Waals surface area contributed by atoms with E-state index in [1.54, 1.807) is 0 Å². The van der Waals surface area contributed by atoms with Crippen LogP contribution in [0.3, 0.4) is 0 Å². The van der Waals surface area contributed by atoms with Crippen LogP contribution in [-0.2, 0) is 0 Å². The van der Waals surface area contributed by atoms with Gasteiger partial charge in [-0.3, -0.25) is 0 Å². The van der Waals surface area contributed by atoms with E-state index in [1.807, 2.05) is 0 Å². The average molecular weight is 152 g/mol. The molecule has 0 aromatic rings. The maximum absolute atomic E-state index is 3.80. The van der Waals surface area contributed by atoms with Crippen molar-refractivity contribution in [1.29, 1.82) is 0 Å². The minimum absolute atomic E-state index is 0.787. The molecule has 1 N–H and O–H groups in total. The van der Waals surface area contributed by atoms with Crippen molar-refractivity contribution < 1.29 is 0 Å². The van der Waals surface area contributed by atoms with Crippen LogP contribution in [0.4, 0.5) is 0 Å². The highest BCUT2D eigenvalue weighted by molar-refractivity contribution is 4.91. The van der Waals surface area contributed by atoms with E-state index in [-0.39, 0.29) is 0 Å². The maximum Gasteiger partial charge on any atom is 0.00142 e. The summed E-state index contributed by atoms with van der Waals surface area (Å²) in [7, 11) is 0. The molecule has 11 heavy (non-hydrogen) atoms. The van der Waals surface area contributed by atoms with Crippen molar-refractivity contribution >= 4 is 0 Å². The summed E-state index contributed by atoms with van der Waals surface area (Å²) in [4.78, 5) is 0. The molecule has 1 unspecified atom stereocenters. The van der Waals surface area contributed by atoms with Gasteiger partial charge in [0.1, 0.15) is 0 Å². The molecule has 63 valence electrons. The Labute approximate surface area is 69.9 Å². The van der Waals surface area contributed by atoms with Gasteiger partial charge < -0.3 is 5.32 Å². The van der Waals surface area contributed by atoms with Crippen molar-refractivity contribution in [1.82, 2.24) is 5.32 Å². The van der Waals surface area contributed by atoms with Gasteiger partial charge in [-0.2, -0.15) is 0 Å². The standard InChI is InChI=1S/C10H18N/c1-2-3-4-6-10-7-5-8-11-9-10/h4,6,10-11H,1-3,5,7-9H2. The van der Waals surface area contributed by atoms with Crippen molar-refractivity contribution in [2.75, 3.05) is 13.1 Å². The highest BCUT2D eigenvalue weighted by Gasteiger charge is 2.07. The third-order valence-electron chi connectivity index (χ3n) is 2.11. The normalized spacial score (nSPS) is 26.1. The lowest BCUT2D eigenvalue weighted by molar-refractivity contribution is 0.438. The first-order valence-electron chi connectivity index (χ1n) is 4.60. The van der Waals surface area contributed by atoms with E-state index in [0.717, 1.165) is 18.8 Å². The molecular formula is C10H18N. The molecule has 0 bridgehead atoms. The molecular weight excluding hydrogens is 134 g/mol. The number of unbranched alkanes of at least 4 members (excludes halogenated alkanes) is 1. The van der Waals surface area contributed by atoms with Crippen LogP contribution in [0.25, 0.3) is 0 Å². The van der Waals surface area contributed by atoms with E-state index in [0.29, 0.717) is 0 Å². The fourth-order valence-corrected chi connectivity index (χ4v) is 1.45. The van der Waals surface area contributed by atoms with Gasteiger partial charge >= 0.3 is 0 Å². The van der Waals surface area contributed by atoms with E-state index in [2.05, 4.69) is 24.4 Å². The average Bonchev–Trinajstić information content (AvgIpc) is 2.07. The summed E-state index contributed by atoms with van der Waals surface area (Å²) >= 11 is 0. The van der Waals surface area contributed by atoms with Crippen LogP contribution in [0, 0.1) is 12.8 Å². The minimum Gasteiger partial charge on any atom is -0.316 e. The molecule has 1 aliphatic heterocycles. The molecule has 1 heteroatoms. The summed E-state index contributed by atoms with van der Waals surface area (Å²) in [5, 5.41) is 3.39. The molecule has 1 saturated heterocycles. The molecule has 1 atom stereocenters. The molecule has 1 aliphatic rings. The Balaban J connectivity index is 2.13. The van der Waals surface area contributed by atoms with E-state index in [1.165, 1.54) is 25.9 Å². The zero-order valence-electron chi connectivity index (χ0n) is 7.18. The first-order chi connectivity index (χ1) is 5.43. The van der Waals surface area contributed by atoms with Gasteiger partial charge in [-0.1, -0.05) is 19.1 Å². The number of nitrogens with one attached hydrogen (secondary N) is 1. The predicted molar refractivity (Wildman–Crippen MR) is 49.3 cm³/mol. The van der Waals surface area contributed by atoms with Gasteiger partial charge in [0.15, 0.2) is 0 Å². The van der Waals surface area contributed by atoms with Crippen molar-refractivity contribution in [2.24, 2.45) is 5.92 Å². The van der Waals surface area contributed by atoms with Crippen molar-refractivity contribution in [3.63, 3.8) is 0 Å². The summed E-state index contributed by atoms with van der Waals surface area (Å²) in [6.45, 7) is 6.18. The van der Waals surface area contributed by atoms with Gasteiger partial charge in [-0.05, 0) is 38.1 Å². The first-order valence-corrected chi connectivity index (χ1v) is 4.60. The molecule has 1 fully saturated rings. The Kier molecular flexibility index (Phi) is 4.29. The number of allylic oxidation sites excluding steroid dienone is 1. The Bertz CT molecular complexity index is 112. The molecule has 0 amide bonds. The largest absolute Gasteiger partial charge is 0.316 e. The lowest BCUT2D eigenvalue weighted by Crippen LogP contribution is -2.28. The van der Waals surface area contributed by atoms with Crippen LogP contribution in [0.5, 0.6) is 0 Å². The molecule has 1 heterocycles. The van der Waals surface area contributed by atoms with Gasteiger partial charge in [0.25, 0.3) is 0 Å². The highest BCUT2D eigenvalue weighted by Crippen LogP contribution is 2.11. The fourth-order valence-electron chi connectivity index (χ4n) is 1.45. The lowest BCUT2D eigenvalue weighted by Gasteiger charge is -2.19. The molecule has 0 aliphatic carbocycles. The van der Waals surface area contributed by atoms with Crippen LogP contribution < -0.4 is 5.32 Å². The smallest absolute Gasteiger partial charge is 0.00142 e. The summed E-state index contributed by atoms with van der Waals surface area (Å²) in [5.74, 6) is 0.787. The molecule has 0 aromatic heterocycles. The van der Waals surface area contributed by atoms with Crippen molar-refractivity contribution in [3.8, 4) is 0 Å². The van der Waals surface area contributed by atoms with Gasteiger partial charge in [0.05, 0.1) is 0 Å². The second kappa shape index (κ2) is 5.36. The third-order valence-corrected chi connectivity index (χ3v) is 2.11. The van der Waals surface area contributed by atoms with Crippen LogP contribution in [0.2, 0.25) is 0 Å². The summed E-state index contributed by atoms with van der Waals surface area (Å²) < 4.78 is 0. The van der Waals surface area contributed by atoms with E-state index >= 15 is 0 Å². The Morgan fingerprint density at radius 1 is 1.55 bits per heavy atom. The number of hydrogen-bond acceptors (Lipinski definition) is 1. The SMILES string of the molecule is [CH2]CCC=CC1CCCNC1. The Morgan fingerprint density at radius 3 is 3.09 bits per heavy atom. The zero-order chi connectivity index (χ0) is 7.94. The van der Waals surface area contributed by atoms with E-state index in [9.17, 15) is 0 Å². The van der Waals surface area contributed by atoms with Crippen molar-refractivity contribution in [2.45, 2.75) is 25.7 Å². The second-order valence-electron chi connectivity index (χ2n) is 3.18. The highest BCUT2D eigenvalue weighted by atomic mass is 14.9. The molecule has 0 saturated carbocycles. The van der Waals surface area contributed by atoms with Gasteiger partial charge in [-0.25, -0.2) is 0 Å². The second-order valence-corrected chi connectivity index (χ2v) is 3.18. The lowest BCUT2D eigenvalue weighted by atomic mass is 9.99. The molecule has 1 radical (unpaired) electrons. The van der Waals surface area contributed by atoms with E-state index < -0.39 is 0 Å². The molecule has 0 spiro atoms.